The lowest BCUT2D eigenvalue weighted by Crippen LogP contribution is -2.43. The van der Waals surface area contributed by atoms with Crippen LogP contribution in [0.2, 0.25) is 0 Å². The Morgan fingerprint density at radius 3 is 2.67 bits per heavy atom. The molecule has 1 aromatic heterocycles. The first kappa shape index (κ1) is 14.9. The van der Waals surface area contributed by atoms with E-state index in [9.17, 15) is 5.11 Å². The van der Waals surface area contributed by atoms with Crippen molar-refractivity contribution in [1.82, 2.24) is 19.9 Å². The minimum atomic E-state index is 0.289. The Labute approximate surface area is 126 Å². The minimum absolute atomic E-state index is 0.289. The van der Waals surface area contributed by atoms with E-state index in [1.54, 1.807) is 0 Å². The summed E-state index contributed by atoms with van der Waals surface area (Å²) >= 11 is 0. The summed E-state index contributed by atoms with van der Waals surface area (Å²) in [6.07, 6.45) is 5.60. The van der Waals surface area contributed by atoms with Gasteiger partial charge in [-0.3, -0.25) is 9.80 Å². The molecule has 2 unspecified atom stereocenters. The summed E-state index contributed by atoms with van der Waals surface area (Å²) in [6.45, 7) is 6.39. The Bertz CT molecular complexity index is 451. The van der Waals surface area contributed by atoms with Crippen molar-refractivity contribution >= 4 is 0 Å². The number of nitrogens with zero attached hydrogens (tertiary/aromatic N) is 4. The lowest BCUT2D eigenvalue weighted by Gasteiger charge is -2.30. The molecule has 118 valence electrons. The fraction of sp³-hybridized carbons (Fsp3) is 0.867. The SMILES string of the molecule is CCc1nc(CN2CCCC2CN2CCCC2CO)no1. The van der Waals surface area contributed by atoms with Crippen molar-refractivity contribution in [3.05, 3.63) is 11.7 Å². The van der Waals surface area contributed by atoms with Crippen LogP contribution in [0.4, 0.5) is 0 Å². The smallest absolute Gasteiger partial charge is 0.226 e. The molecule has 0 aromatic carbocycles. The monoisotopic (exact) mass is 294 g/mol. The van der Waals surface area contributed by atoms with E-state index in [0.717, 1.165) is 50.7 Å². The van der Waals surface area contributed by atoms with Gasteiger partial charge in [0, 0.05) is 25.0 Å². The third-order valence-electron chi connectivity index (χ3n) is 4.81. The highest BCUT2D eigenvalue weighted by atomic mass is 16.5. The van der Waals surface area contributed by atoms with Crippen molar-refractivity contribution in [3.63, 3.8) is 0 Å². The summed E-state index contributed by atoms with van der Waals surface area (Å²) < 4.78 is 5.20. The van der Waals surface area contributed by atoms with E-state index in [2.05, 4.69) is 19.9 Å². The van der Waals surface area contributed by atoms with E-state index in [-0.39, 0.29) is 6.61 Å². The topological polar surface area (TPSA) is 65.6 Å². The summed E-state index contributed by atoms with van der Waals surface area (Å²) in [6, 6.07) is 0.921. The number of aromatic nitrogens is 2. The van der Waals surface area contributed by atoms with Gasteiger partial charge in [-0.2, -0.15) is 4.98 Å². The Morgan fingerprint density at radius 1 is 1.19 bits per heavy atom. The van der Waals surface area contributed by atoms with Crippen LogP contribution in [0.5, 0.6) is 0 Å². The van der Waals surface area contributed by atoms with Crippen LogP contribution in [0, 0.1) is 0 Å². The number of rotatable bonds is 6. The van der Waals surface area contributed by atoms with Gasteiger partial charge in [0.2, 0.25) is 5.89 Å². The molecule has 0 spiro atoms. The van der Waals surface area contributed by atoms with Crippen LogP contribution >= 0.6 is 0 Å². The van der Waals surface area contributed by atoms with Gasteiger partial charge in [0.05, 0.1) is 13.2 Å². The Morgan fingerprint density at radius 2 is 1.95 bits per heavy atom. The first-order chi connectivity index (χ1) is 10.3. The third kappa shape index (κ3) is 3.44. The Kier molecular flexibility index (Phi) is 4.87. The van der Waals surface area contributed by atoms with Crippen LogP contribution < -0.4 is 0 Å². The predicted octanol–water partition coefficient (Wildman–Crippen LogP) is 1.05. The van der Waals surface area contributed by atoms with Gasteiger partial charge >= 0.3 is 0 Å². The third-order valence-corrected chi connectivity index (χ3v) is 4.81. The van der Waals surface area contributed by atoms with Crippen molar-refractivity contribution in [2.24, 2.45) is 0 Å². The summed E-state index contributed by atoms with van der Waals surface area (Å²) in [5.41, 5.74) is 0. The maximum absolute atomic E-state index is 9.45. The summed E-state index contributed by atoms with van der Waals surface area (Å²) in [5.74, 6) is 1.53. The van der Waals surface area contributed by atoms with E-state index in [1.807, 2.05) is 6.92 Å². The fourth-order valence-electron chi connectivity index (χ4n) is 3.60. The molecule has 1 N–H and O–H groups in total. The van der Waals surface area contributed by atoms with Crippen LogP contribution in [0.1, 0.15) is 44.3 Å². The van der Waals surface area contributed by atoms with Crippen LogP contribution in [0.15, 0.2) is 4.52 Å². The van der Waals surface area contributed by atoms with Crippen molar-refractivity contribution in [1.29, 1.82) is 0 Å². The molecule has 3 rings (SSSR count). The summed E-state index contributed by atoms with van der Waals surface area (Å²) in [5, 5.41) is 13.5. The number of aliphatic hydroxyl groups excluding tert-OH is 1. The molecule has 2 aliphatic rings. The molecule has 2 atom stereocenters. The maximum atomic E-state index is 9.45. The van der Waals surface area contributed by atoms with Gasteiger partial charge in [-0.05, 0) is 38.8 Å². The highest BCUT2D eigenvalue weighted by molar-refractivity contribution is 4.91. The molecule has 2 fully saturated rings. The van der Waals surface area contributed by atoms with Gasteiger partial charge in [-0.25, -0.2) is 0 Å². The lowest BCUT2D eigenvalue weighted by atomic mass is 10.2. The van der Waals surface area contributed by atoms with E-state index in [4.69, 9.17) is 4.52 Å². The lowest BCUT2D eigenvalue weighted by molar-refractivity contribution is 0.118. The van der Waals surface area contributed by atoms with Crippen molar-refractivity contribution in [2.75, 3.05) is 26.2 Å². The second-order valence-electron chi connectivity index (χ2n) is 6.20. The van der Waals surface area contributed by atoms with Gasteiger partial charge in [0.25, 0.3) is 0 Å². The van der Waals surface area contributed by atoms with Crippen LogP contribution in [0.25, 0.3) is 0 Å². The quantitative estimate of drug-likeness (QED) is 0.846. The molecule has 2 aliphatic heterocycles. The zero-order valence-corrected chi connectivity index (χ0v) is 12.9. The maximum Gasteiger partial charge on any atom is 0.226 e. The van der Waals surface area contributed by atoms with Crippen molar-refractivity contribution in [2.45, 2.75) is 57.7 Å². The minimum Gasteiger partial charge on any atom is -0.395 e. The largest absolute Gasteiger partial charge is 0.395 e. The van der Waals surface area contributed by atoms with Crippen LogP contribution in [-0.2, 0) is 13.0 Å². The summed E-state index contributed by atoms with van der Waals surface area (Å²) in [4.78, 5) is 9.34. The number of hydrogen-bond donors (Lipinski definition) is 1. The van der Waals surface area contributed by atoms with Crippen LogP contribution in [-0.4, -0.2) is 63.4 Å². The predicted molar refractivity (Wildman–Crippen MR) is 78.8 cm³/mol. The molecule has 0 bridgehead atoms. The second kappa shape index (κ2) is 6.85. The fourth-order valence-corrected chi connectivity index (χ4v) is 3.60. The number of hydrogen-bond acceptors (Lipinski definition) is 6. The van der Waals surface area contributed by atoms with Gasteiger partial charge < -0.3 is 9.63 Å². The molecule has 0 saturated carbocycles. The Balaban J connectivity index is 1.57. The first-order valence-electron chi connectivity index (χ1n) is 8.20. The second-order valence-corrected chi connectivity index (χ2v) is 6.20. The molecule has 1 aromatic rings. The molecule has 3 heterocycles. The summed E-state index contributed by atoms with van der Waals surface area (Å²) in [7, 11) is 0. The molecular formula is C15H26N4O2. The standard InChI is InChI=1S/C15H26N4O2/c1-2-15-16-14(17-21-15)10-19-8-3-5-12(19)9-18-7-4-6-13(18)11-20/h12-13,20H,2-11H2,1H3. The normalized spacial score (nSPS) is 27.7. The first-order valence-corrected chi connectivity index (χ1v) is 8.20. The van der Waals surface area contributed by atoms with E-state index in [0.29, 0.717) is 12.1 Å². The van der Waals surface area contributed by atoms with Gasteiger partial charge in [-0.1, -0.05) is 12.1 Å². The van der Waals surface area contributed by atoms with Gasteiger partial charge in [0.15, 0.2) is 5.82 Å². The van der Waals surface area contributed by atoms with Crippen LogP contribution in [0.3, 0.4) is 0 Å². The molecule has 21 heavy (non-hydrogen) atoms. The molecule has 6 nitrogen and oxygen atoms in total. The van der Waals surface area contributed by atoms with E-state index >= 15 is 0 Å². The highest BCUT2D eigenvalue weighted by Gasteiger charge is 2.31. The molecule has 0 radical (unpaired) electrons. The van der Waals surface area contributed by atoms with Gasteiger partial charge in [0.1, 0.15) is 0 Å². The molecule has 0 aliphatic carbocycles. The molecule has 0 amide bonds. The zero-order chi connectivity index (χ0) is 14.7. The highest BCUT2D eigenvalue weighted by Crippen LogP contribution is 2.24. The molecule has 2 saturated heterocycles. The zero-order valence-electron chi connectivity index (χ0n) is 12.9. The number of likely N-dealkylation sites (tertiary alicyclic amines) is 2. The van der Waals surface area contributed by atoms with Gasteiger partial charge in [-0.15, -0.1) is 0 Å². The molecule has 6 heteroatoms. The van der Waals surface area contributed by atoms with E-state index in [1.165, 1.54) is 19.3 Å². The average Bonchev–Trinajstić information content (AvgIpc) is 3.22. The van der Waals surface area contributed by atoms with E-state index < -0.39 is 0 Å². The number of aryl methyl sites for hydroxylation is 1. The molecular weight excluding hydrogens is 268 g/mol. The van der Waals surface area contributed by atoms with Crippen molar-refractivity contribution in [3.8, 4) is 0 Å². The number of aliphatic hydroxyl groups is 1. The Hall–Kier alpha value is -0.980. The average molecular weight is 294 g/mol. The van der Waals surface area contributed by atoms with Crippen molar-refractivity contribution < 1.29 is 9.63 Å².